The van der Waals surface area contributed by atoms with Crippen LogP contribution in [0.3, 0.4) is 0 Å². The smallest absolute Gasteiger partial charge is 0.324 e. The first-order chi connectivity index (χ1) is 10.1. The second-order valence-electron chi connectivity index (χ2n) is 5.09. The van der Waals surface area contributed by atoms with Crippen LogP contribution in [0.4, 0.5) is 4.79 Å². The lowest BCUT2D eigenvalue weighted by atomic mass is 9.77. The van der Waals surface area contributed by atoms with E-state index in [4.69, 9.17) is 11.6 Å². The lowest BCUT2D eigenvalue weighted by Crippen LogP contribution is -2.41. The second kappa shape index (κ2) is 5.37. The van der Waals surface area contributed by atoms with Crippen molar-refractivity contribution < 1.29 is 14.4 Å². The van der Waals surface area contributed by atoms with Gasteiger partial charge in [-0.2, -0.15) is 0 Å². The Morgan fingerprint density at radius 2 is 2.24 bits per heavy atom. The summed E-state index contributed by atoms with van der Waals surface area (Å²) in [7, 11) is 0. The van der Waals surface area contributed by atoms with Crippen LogP contribution in [0.5, 0.6) is 0 Å². The summed E-state index contributed by atoms with van der Waals surface area (Å²) in [5, 5.41) is 5.81. The maximum absolute atomic E-state index is 12.1. The highest BCUT2D eigenvalue weighted by Crippen LogP contribution is 2.36. The third-order valence-corrected chi connectivity index (χ3v) is 4.03. The van der Waals surface area contributed by atoms with Crippen LogP contribution in [-0.2, 0) is 16.0 Å². The van der Waals surface area contributed by atoms with Gasteiger partial charge in [0, 0.05) is 18.1 Å². The molecule has 1 aliphatic heterocycles. The van der Waals surface area contributed by atoms with Gasteiger partial charge in [-0.15, -0.1) is 0 Å². The average Bonchev–Trinajstić information content (AvgIpc) is 2.74. The van der Waals surface area contributed by atoms with Gasteiger partial charge in [-0.3, -0.25) is 14.5 Å². The molecule has 1 aromatic rings. The number of benzene rings is 1. The zero-order valence-electron chi connectivity index (χ0n) is 11.2. The molecule has 1 unspecified atom stereocenters. The second-order valence-corrected chi connectivity index (χ2v) is 5.53. The van der Waals surface area contributed by atoms with Gasteiger partial charge in [-0.05, 0) is 29.7 Å². The maximum atomic E-state index is 12.1. The first kappa shape index (κ1) is 13.9. The highest BCUT2D eigenvalue weighted by molar-refractivity contribution is 6.30. The monoisotopic (exact) mass is 307 g/mol. The van der Waals surface area contributed by atoms with E-state index in [-0.39, 0.29) is 37.4 Å². The van der Waals surface area contributed by atoms with Crippen molar-refractivity contribution in [2.45, 2.75) is 12.3 Å². The lowest BCUT2D eigenvalue weighted by Gasteiger charge is -2.29. The van der Waals surface area contributed by atoms with Crippen LogP contribution in [-0.4, -0.2) is 42.4 Å². The van der Waals surface area contributed by atoms with Crippen molar-refractivity contribution in [2.75, 3.05) is 19.6 Å². The molecule has 0 saturated carbocycles. The van der Waals surface area contributed by atoms with E-state index >= 15 is 0 Å². The fourth-order valence-electron chi connectivity index (χ4n) is 2.60. The van der Waals surface area contributed by atoms with Crippen LogP contribution >= 0.6 is 11.6 Å². The van der Waals surface area contributed by atoms with Crippen LogP contribution in [0.15, 0.2) is 18.2 Å². The van der Waals surface area contributed by atoms with Gasteiger partial charge in [-0.25, -0.2) is 4.79 Å². The number of halogens is 1. The molecule has 0 radical (unpaired) electrons. The Balaban J connectivity index is 1.52. The quantitative estimate of drug-likeness (QED) is 0.802. The number of amides is 4. The molecule has 1 aromatic carbocycles. The molecule has 6 nitrogen and oxygen atoms in total. The van der Waals surface area contributed by atoms with E-state index in [2.05, 4.69) is 10.6 Å². The van der Waals surface area contributed by atoms with E-state index in [0.29, 0.717) is 11.4 Å². The topological polar surface area (TPSA) is 78.5 Å². The van der Waals surface area contributed by atoms with Crippen molar-refractivity contribution in [3.63, 3.8) is 0 Å². The van der Waals surface area contributed by atoms with E-state index in [0.717, 1.165) is 16.0 Å². The molecule has 7 heteroatoms. The van der Waals surface area contributed by atoms with Gasteiger partial charge in [-0.1, -0.05) is 17.7 Å². The van der Waals surface area contributed by atoms with Crippen LogP contribution in [0, 0.1) is 0 Å². The van der Waals surface area contributed by atoms with Gasteiger partial charge in [0.2, 0.25) is 11.8 Å². The number of hydrogen-bond acceptors (Lipinski definition) is 3. The molecule has 110 valence electrons. The Morgan fingerprint density at radius 1 is 1.43 bits per heavy atom. The summed E-state index contributed by atoms with van der Waals surface area (Å²) in [4.78, 5) is 35.9. The number of carbonyl (C=O) groups excluding carboxylic acids is 3. The molecule has 1 aliphatic carbocycles. The number of imide groups is 1. The minimum absolute atomic E-state index is 0.0290. The summed E-state index contributed by atoms with van der Waals surface area (Å²) in [6.45, 7) is 0.469. The first-order valence-corrected chi connectivity index (χ1v) is 7.08. The Hall–Kier alpha value is -2.08. The number of nitrogens with one attached hydrogen (secondary N) is 2. The summed E-state index contributed by atoms with van der Waals surface area (Å²) in [6.07, 6.45) is 0.696. The minimum Gasteiger partial charge on any atom is -0.354 e. The predicted molar refractivity (Wildman–Crippen MR) is 76.0 cm³/mol. The zero-order chi connectivity index (χ0) is 15.0. The number of rotatable bonds is 4. The van der Waals surface area contributed by atoms with Crippen molar-refractivity contribution in [3.8, 4) is 0 Å². The molecule has 3 rings (SSSR count). The lowest BCUT2D eigenvalue weighted by molar-refractivity contribution is -0.126. The van der Waals surface area contributed by atoms with E-state index in [1.165, 1.54) is 0 Å². The highest BCUT2D eigenvalue weighted by atomic mass is 35.5. The molecular weight excluding hydrogens is 294 g/mol. The summed E-state index contributed by atoms with van der Waals surface area (Å²) in [5.74, 6) is -0.561. The summed E-state index contributed by atoms with van der Waals surface area (Å²) in [6, 6.07) is 5.14. The molecule has 0 aromatic heterocycles. The Labute approximate surface area is 126 Å². The van der Waals surface area contributed by atoms with Crippen molar-refractivity contribution in [1.82, 2.24) is 15.5 Å². The van der Waals surface area contributed by atoms with E-state index in [1.807, 2.05) is 18.2 Å². The van der Waals surface area contributed by atoms with Crippen LogP contribution < -0.4 is 10.6 Å². The molecule has 0 spiro atoms. The Bertz CT molecular complexity index is 616. The Morgan fingerprint density at radius 3 is 2.95 bits per heavy atom. The maximum Gasteiger partial charge on any atom is 0.324 e. The molecule has 1 heterocycles. The van der Waals surface area contributed by atoms with E-state index in [9.17, 15) is 14.4 Å². The SMILES string of the molecule is O=C(NCCN1C(=O)CNC1=O)C1Cc2ccc(Cl)cc21. The highest BCUT2D eigenvalue weighted by Gasteiger charge is 2.33. The zero-order valence-corrected chi connectivity index (χ0v) is 11.9. The largest absolute Gasteiger partial charge is 0.354 e. The van der Waals surface area contributed by atoms with Crippen LogP contribution in [0.1, 0.15) is 17.0 Å². The van der Waals surface area contributed by atoms with Gasteiger partial charge in [0.15, 0.2) is 0 Å². The van der Waals surface area contributed by atoms with Crippen LogP contribution in [0.25, 0.3) is 0 Å². The molecule has 2 aliphatic rings. The van der Waals surface area contributed by atoms with Crippen LogP contribution in [0.2, 0.25) is 5.02 Å². The predicted octanol–water partition coefficient (Wildman–Crippen LogP) is 0.648. The summed E-state index contributed by atoms with van der Waals surface area (Å²) >= 11 is 5.92. The van der Waals surface area contributed by atoms with Gasteiger partial charge in [0.25, 0.3) is 0 Å². The van der Waals surface area contributed by atoms with Crippen molar-refractivity contribution in [1.29, 1.82) is 0 Å². The number of hydrogen-bond donors (Lipinski definition) is 2. The number of fused-ring (bicyclic) bond motifs is 1. The fraction of sp³-hybridized carbons (Fsp3) is 0.357. The van der Waals surface area contributed by atoms with Crippen molar-refractivity contribution in [3.05, 3.63) is 34.3 Å². The molecule has 1 fully saturated rings. The van der Waals surface area contributed by atoms with Gasteiger partial charge in [0.05, 0.1) is 12.5 Å². The Kier molecular flexibility index (Phi) is 3.55. The van der Waals surface area contributed by atoms with Gasteiger partial charge < -0.3 is 10.6 Å². The van der Waals surface area contributed by atoms with E-state index in [1.54, 1.807) is 0 Å². The third kappa shape index (κ3) is 2.58. The first-order valence-electron chi connectivity index (χ1n) is 6.70. The molecular formula is C14H14ClN3O3. The molecule has 2 N–H and O–H groups in total. The summed E-state index contributed by atoms with van der Waals surface area (Å²) < 4.78 is 0. The molecule has 21 heavy (non-hydrogen) atoms. The van der Waals surface area contributed by atoms with E-state index < -0.39 is 6.03 Å². The molecule has 1 saturated heterocycles. The third-order valence-electron chi connectivity index (χ3n) is 3.80. The van der Waals surface area contributed by atoms with Crippen molar-refractivity contribution in [2.24, 2.45) is 0 Å². The molecule has 0 bridgehead atoms. The average molecular weight is 308 g/mol. The number of carbonyl (C=O) groups is 3. The van der Waals surface area contributed by atoms with Gasteiger partial charge in [0.1, 0.15) is 0 Å². The number of nitrogens with zero attached hydrogens (tertiary/aromatic N) is 1. The minimum atomic E-state index is -0.407. The van der Waals surface area contributed by atoms with Crippen molar-refractivity contribution >= 4 is 29.4 Å². The van der Waals surface area contributed by atoms with Gasteiger partial charge >= 0.3 is 6.03 Å². The number of urea groups is 1. The normalized spacial score (nSPS) is 19.9. The summed E-state index contributed by atoms with van der Waals surface area (Å²) in [5.41, 5.74) is 2.09. The fourth-order valence-corrected chi connectivity index (χ4v) is 2.79. The standard InChI is InChI=1S/C14H14ClN3O3/c15-9-2-1-8-5-11(10(8)6-9)13(20)16-3-4-18-12(19)7-17-14(18)21/h1-2,6,11H,3-5,7H2,(H,16,20)(H,17,21). The molecule has 4 amide bonds. The molecule has 1 atom stereocenters.